The highest BCUT2D eigenvalue weighted by Gasteiger charge is 2.26. The number of ether oxygens (including phenoxy) is 1. The highest BCUT2D eigenvalue weighted by Crippen LogP contribution is 2.31. The summed E-state index contributed by atoms with van der Waals surface area (Å²) in [4.78, 5) is 20.5. The van der Waals surface area contributed by atoms with Gasteiger partial charge in [-0.05, 0) is 64.3 Å². The van der Waals surface area contributed by atoms with Crippen LogP contribution in [0.25, 0.3) is 11.0 Å². The summed E-state index contributed by atoms with van der Waals surface area (Å²) in [6.45, 7) is 5.58. The molecular formula is C17H25ClN6O2S. The molecule has 1 aliphatic rings. The largest absolute Gasteiger partial charge is 0.444 e. The molecule has 1 amide bonds. The number of fused-ring (bicyclic) bond motifs is 1. The van der Waals surface area contributed by atoms with E-state index in [1.165, 1.54) is 11.8 Å². The van der Waals surface area contributed by atoms with Gasteiger partial charge in [0.2, 0.25) is 5.28 Å². The Hall–Kier alpha value is -1.74. The maximum absolute atomic E-state index is 11.9. The Morgan fingerprint density at radius 1 is 1.22 bits per heavy atom. The van der Waals surface area contributed by atoms with Gasteiger partial charge >= 0.3 is 6.09 Å². The number of nitrogens with zero attached hydrogens (tertiary/aromatic N) is 3. The second-order valence-corrected chi connectivity index (χ2v) is 8.77. The fourth-order valence-electron chi connectivity index (χ4n) is 3.18. The molecule has 2 aromatic rings. The number of anilines is 1. The third-order valence-electron chi connectivity index (χ3n) is 4.34. The summed E-state index contributed by atoms with van der Waals surface area (Å²) in [5, 5.41) is 15.5. The Labute approximate surface area is 167 Å². The Balaban J connectivity index is 1.61. The maximum Gasteiger partial charge on any atom is 0.407 e. The first-order valence-electron chi connectivity index (χ1n) is 8.97. The number of halogens is 1. The van der Waals surface area contributed by atoms with Crippen molar-refractivity contribution in [3.63, 3.8) is 0 Å². The molecule has 148 valence electrons. The van der Waals surface area contributed by atoms with E-state index in [4.69, 9.17) is 16.3 Å². The molecule has 0 aromatic carbocycles. The highest BCUT2D eigenvalue weighted by molar-refractivity contribution is 7.98. The molecule has 2 aromatic heterocycles. The number of aromatic amines is 1. The van der Waals surface area contributed by atoms with Crippen molar-refractivity contribution in [2.24, 2.45) is 0 Å². The standard InChI is InChI=1S/C17H25ClN6O2S/c1-17(2,3)26-16(25)20-10-7-5-9(6-8-10)19-12-11-13(22-15(18)21-12)23-24-14(11)27-4/h9-10H,5-8H2,1-4H3,(H,20,25)(H2,19,21,22,23,24)/t9-,10+. The Bertz CT molecular complexity index is 814. The van der Waals surface area contributed by atoms with Crippen LogP contribution in [-0.2, 0) is 4.74 Å². The smallest absolute Gasteiger partial charge is 0.407 e. The van der Waals surface area contributed by atoms with E-state index in [1.54, 1.807) is 0 Å². The average molecular weight is 413 g/mol. The van der Waals surface area contributed by atoms with Gasteiger partial charge in [0.25, 0.3) is 0 Å². The molecule has 0 spiro atoms. The fraction of sp³-hybridized carbons (Fsp3) is 0.647. The van der Waals surface area contributed by atoms with Crippen LogP contribution in [0.4, 0.5) is 10.6 Å². The number of H-pyrrole nitrogens is 1. The molecule has 1 fully saturated rings. The van der Waals surface area contributed by atoms with E-state index in [2.05, 4.69) is 30.8 Å². The molecule has 0 unspecified atom stereocenters. The number of rotatable bonds is 4. The number of nitrogens with one attached hydrogen (secondary N) is 3. The fourth-order valence-corrected chi connectivity index (χ4v) is 3.88. The summed E-state index contributed by atoms with van der Waals surface area (Å²) in [6, 6.07) is 0.378. The molecule has 0 atom stereocenters. The van der Waals surface area contributed by atoms with E-state index < -0.39 is 5.60 Å². The van der Waals surface area contributed by atoms with Gasteiger partial charge in [-0.25, -0.2) is 4.79 Å². The molecule has 0 saturated heterocycles. The van der Waals surface area contributed by atoms with Gasteiger partial charge in [-0.15, -0.1) is 11.8 Å². The van der Waals surface area contributed by atoms with Gasteiger partial charge in [0.15, 0.2) is 5.65 Å². The second kappa shape index (κ2) is 8.10. The van der Waals surface area contributed by atoms with E-state index in [0.29, 0.717) is 11.5 Å². The lowest BCUT2D eigenvalue weighted by Gasteiger charge is -2.30. The van der Waals surface area contributed by atoms with E-state index >= 15 is 0 Å². The lowest BCUT2D eigenvalue weighted by Crippen LogP contribution is -2.42. The predicted molar refractivity (Wildman–Crippen MR) is 108 cm³/mol. The van der Waals surface area contributed by atoms with E-state index in [-0.39, 0.29) is 23.5 Å². The summed E-state index contributed by atoms with van der Waals surface area (Å²) in [5.74, 6) is 0.701. The molecule has 0 bridgehead atoms. The lowest BCUT2D eigenvalue weighted by atomic mass is 9.91. The van der Waals surface area contributed by atoms with E-state index in [9.17, 15) is 4.79 Å². The molecule has 0 aliphatic heterocycles. The number of alkyl carbamates (subject to hydrolysis) is 1. The summed E-state index contributed by atoms with van der Waals surface area (Å²) in [6.07, 6.45) is 5.18. The summed E-state index contributed by atoms with van der Waals surface area (Å²) >= 11 is 7.58. The third kappa shape index (κ3) is 5.16. The first kappa shape index (κ1) is 20.0. The number of thioether (sulfide) groups is 1. The van der Waals surface area contributed by atoms with Crippen LogP contribution in [0.3, 0.4) is 0 Å². The molecule has 2 heterocycles. The predicted octanol–water partition coefficient (Wildman–Crippen LogP) is 3.98. The van der Waals surface area contributed by atoms with Crippen molar-refractivity contribution in [1.29, 1.82) is 0 Å². The number of hydrogen-bond acceptors (Lipinski definition) is 7. The van der Waals surface area contributed by atoms with E-state index in [0.717, 1.165) is 36.1 Å². The molecule has 10 heteroatoms. The van der Waals surface area contributed by atoms with Crippen molar-refractivity contribution in [1.82, 2.24) is 25.5 Å². The number of amides is 1. The SMILES string of the molecule is CSc1n[nH]c2nc(Cl)nc(N[C@H]3CC[C@@H](NC(=O)OC(C)(C)C)CC3)c12. The van der Waals surface area contributed by atoms with Gasteiger partial charge in [0.05, 0.1) is 5.39 Å². The zero-order chi connectivity index (χ0) is 19.6. The quantitative estimate of drug-likeness (QED) is 0.515. The third-order valence-corrected chi connectivity index (χ3v) is 5.19. The van der Waals surface area contributed by atoms with Crippen LogP contribution in [0.2, 0.25) is 5.28 Å². The normalized spacial score (nSPS) is 20.5. The zero-order valence-corrected chi connectivity index (χ0v) is 17.5. The van der Waals surface area contributed by atoms with Crippen molar-refractivity contribution in [2.75, 3.05) is 11.6 Å². The minimum atomic E-state index is -0.486. The van der Waals surface area contributed by atoms with Crippen LogP contribution in [0, 0.1) is 0 Å². The number of aromatic nitrogens is 4. The Kier molecular flexibility index (Phi) is 6.00. The second-order valence-electron chi connectivity index (χ2n) is 7.64. The van der Waals surface area contributed by atoms with Crippen molar-refractivity contribution in [3.05, 3.63) is 5.28 Å². The van der Waals surface area contributed by atoms with Gasteiger partial charge in [-0.2, -0.15) is 15.1 Å². The van der Waals surface area contributed by atoms with Crippen LogP contribution in [0.1, 0.15) is 46.5 Å². The van der Waals surface area contributed by atoms with Gasteiger partial charge in [-0.3, -0.25) is 5.10 Å². The molecular weight excluding hydrogens is 388 g/mol. The van der Waals surface area contributed by atoms with Gasteiger partial charge in [-0.1, -0.05) is 0 Å². The summed E-state index contributed by atoms with van der Waals surface area (Å²) < 4.78 is 5.33. The topological polar surface area (TPSA) is 105 Å². The first-order valence-corrected chi connectivity index (χ1v) is 10.6. The van der Waals surface area contributed by atoms with Crippen LogP contribution in [-0.4, -0.2) is 50.2 Å². The zero-order valence-electron chi connectivity index (χ0n) is 15.9. The Morgan fingerprint density at radius 3 is 2.52 bits per heavy atom. The van der Waals surface area contributed by atoms with Crippen LogP contribution in [0.15, 0.2) is 5.03 Å². The minimum Gasteiger partial charge on any atom is -0.444 e. The molecule has 3 rings (SSSR count). The van der Waals surface area contributed by atoms with Gasteiger partial charge in [0.1, 0.15) is 16.4 Å². The minimum absolute atomic E-state index is 0.127. The van der Waals surface area contributed by atoms with Crippen molar-refractivity contribution in [2.45, 2.75) is 69.2 Å². The van der Waals surface area contributed by atoms with Gasteiger partial charge < -0.3 is 15.4 Å². The molecule has 27 heavy (non-hydrogen) atoms. The van der Waals surface area contributed by atoms with Gasteiger partial charge in [0, 0.05) is 12.1 Å². The number of carbonyl (C=O) groups is 1. The average Bonchev–Trinajstić information content (AvgIpc) is 2.98. The summed E-state index contributed by atoms with van der Waals surface area (Å²) in [5.41, 5.74) is 0.141. The van der Waals surface area contributed by atoms with Crippen LogP contribution < -0.4 is 10.6 Å². The highest BCUT2D eigenvalue weighted by atomic mass is 35.5. The molecule has 3 N–H and O–H groups in total. The number of carbonyl (C=O) groups excluding carboxylic acids is 1. The molecule has 1 aliphatic carbocycles. The van der Waals surface area contributed by atoms with Crippen molar-refractivity contribution >= 4 is 46.3 Å². The first-order chi connectivity index (χ1) is 12.7. The summed E-state index contributed by atoms with van der Waals surface area (Å²) in [7, 11) is 0. The molecule has 8 nitrogen and oxygen atoms in total. The molecule has 0 radical (unpaired) electrons. The van der Waals surface area contributed by atoms with Crippen LogP contribution >= 0.6 is 23.4 Å². The number of hydrogen-bond donors (Lipinski definition) is 3. The maximum atomic E-state index is 11.9. The Morgan fingerprint density at radius 2 is 1.89 bits per heavy atom. The van der Waals surface area contributed by atoms with Crippen molar-refractivity contribution < 1.29 is 9.53 Å². The van der Waals surface area contributed by atoms with E-state index in [1.807, 2.05) is 27.0 Å². The van der Waals surface area contributed by atoms with Crippen LogP contribution in [0.5, 0.6) is 0 Å². The molecule has 1 saturated carbocycles. The monoisotopic (exact) mass is 412 g/mol. The lowest BCUT2D eigenvalue weighted by molar-refractivity contribution is 0.0492. The van der Waals surface area contributed by atoms with Crippen molar-refractivity contribution in [3.8, 4) is 0 Å².